The van der Waals surface area contributed by atoms with Crippen LogP contribution in [0.15, 0.2) is 29.3 Å². The lowest BCUT2D eigenvalue weighted by Crippen LogP contribution is -2.23. The van der Waals surface area contributed by atoms with Crippen molar-refractivity contribution < 1.29 is 9.53 Å². The minimum atomic E-state index is -0.173. The van der Waals surface area contributed by atoms with Gasteiger partial charge in [0.25, 0.3) is 5.56 Å². The number of carbonyl (C=O) groups is 1. The van der Waals surface area contributed by atoms with Crippen LogP contribution in [0.2, 0.25) is 0 Å². The first-order valence-electron chi connectivity index (χ1n) is 8.43. The SMILES string of the molecule is Cc1cccc2c(=O)n(CCC(=O)Nc3nc4c(s3)COCC4)cnc12. The van der Waals surface area contributed by atoms with Gasteiger partial charge in [-0.05, 0) is 18.6 Å². The van der Waals surface area contributed by atoms with Crippen molar-refractivity contribution in [2.24, 2.45) is 0 Å². The lowest BCUT2D eigenvalue weighted by Gasteiger charge is -2.08. The molecule has 1 aliphatic rings. The number of amides is 1. The Morgan fingerprint density at radius 2 is 2.31 bits per heavy atom. The largest absolute Gasteiger partial charge is 0.375 e. The number of hydrogen-bond acceptors (Lipinski definition) is 6. The summed E-state index contributed by atoms with van der Waals surface area (Å²) in [5, 5.41) is 3.97. The highest BCUT2D eigenvalue weighted by atomic mass is 32.1. The predicted octanol–water partition coefficient (Wildman–Crippen LogP) is 2.26. The molecule has 4 rings (SSSR count). The normalized spacial score (nSPS) is 13.6. The van der Waals surface area contributed by atoms with Gasteiger partial charge in [0.15, 0.2) is 5.13 Å². The number of anilines is 1. The summed E-state index contributed by atoms with van der Waals surface area (Å²) in [5.41, 5.74) is 2.53. The minimum absolute atomic E-state index is 0.131. The van der Waals surface area contributed by atoms with Gasteiger partial charge < -0.3 is 10.1 Å². The van der Waals surface area contributed by atoms with Gasteiger partial charge in [-0.3, -0.25) is 14.2 Å². The molecule has 0 aliphatic carbocycles. The summed E-state index contributed by atoms with van der Waals surface area (Å²) < 4.78 is 6.86. The third kappa shape index (κ3) is 3.25. The first-order valence-corrected chi connectivity index (χ1v) is 9.24. The standard InChI is InChI=1S/C18H18N4O3S/c1-11-3-2-4-12-16(11)19-10-22(17(12)24)7-5-15(23)21-18-20-13-6-8-25-9-14(13)26-18/h2-4,10H,5-9H2,1H3,(H,20,21,23). The fourth-order valence-electron chi connectivity index (χ4n) is 2.98. The van der Waals surface area contributed by atoms with Crippen LogP contribution in [-0.4, -0.2) is 27.0 Å². The number of carbonyl (C=O) groups excluding carboxylic acids is 1. The highest BCUT2D eigenvalue weighted by molar-refractivity contribution is 7.15. The van der Waals surface area contributed by atoms with Gasteiger partial charge in [0.05, 0.1) is 41.0 Å². The zero-order valence-corrected chi connectivity index (χ0v) is 15.1. The number of benzene rings is 1. The molecule has 7 nitrogen and oxygen atoms in total. The molecule has 0 unspecified atom stereocenters. The maximum atomic E-state index is 12.6. The molecule has 0 atom stereocenters. The molecule has 0 radical (unpaired) electrons. The highest BCUT2D eigenvalue weighted by Gasteiger charge is 2.17. The summed E-state index contributed by atoms with van der Waals surface area (Å²) in [6.45, 7) is 3.42. The molecule has 1 amide bonds. The number of rotatable bonds is 4. The number of hydrogen-bond donors (Lipinski definition) is 1. The molecule has 1 aliphatic heterocycles. The van der Waals surface area contributed by atoms with Crippen LogP contribution in [0, 0.1) is 6.92 Å². The molecule has 1 aromatic carbocycles. The number of fused-ring (bicyclic) bond motifs is 2. The molecule has 26 heavy (non-hydrogen) atoms. The number of aromatic nitrogens is 3. The Hall–Kier alpha value is -2.58. The summed E-state index contributed by atoms with van der Waals surface area (Å²) in [6, 6.07) is 5.52. The molecular formula is C18H18N4O3S. The van der Waals surface area contributed by atoms with E-state index in [0.717, 1.165) is 22.6 Å². The van der Waals surface area contributed by atoms with E-state index in [9.17, 15) is 9.59 Å². The van der Waals surface area contributed by atoms with Crippen LogP contribution >= 0.6 is 11.3 Å². The number of ether oxygens (including phenoxy) is 1. The smallest absolute Gasteiger partial charge is 0.261 e. The van der Waals surface area contributed by atoms with Crippen molar-refractivity contribution in [1.29, 1.82) is 0 Å². The topological polar surface area (TPSA) is 86.1 Å². The van der Waals surface area contributed by atoms with Gasteiger partial charge in [-0.15, -0.1) is 0 Å². The van der Waals surface area contributed by atoms with Crippen LogP contribution in [0.25, 0.3) is 10.9 Å². The molecule has 8 heteroatoms. The Balaban J connectivity index is 1.44. The van der Waals surface area contributed by atoms with Crippen molar-refractivity contribution in [2.45, 2.75) is 32.9 Å². The van der Waals surface area contributed by atoms with Crippen molar-refractivity contribution in [1.82, 2.24) is 14.5 Å². The lowest BCUT2D eigenvalue weighted by atomic mass is 10.1. The van der Waals surface area contributed by atoms with Gasteiger partial charge in [-0.2, -0.15) is 0 Å². The second-order valence-corrected chi connectivity index (χ2v) is 7.29. The van der Waals surface area contributed by atoms with Crippen LogP contribution < -0.4 is 10.9 Å². The molecule has 0 saturated heterocycles. The Morgan fingerprint density at radius 3 is 3.15 bits per heavy atom. The number of thiazole rings is 1. The fourth-order valence-corrected chi connectivity index (χ4v) is 3.94. The van der Waals surface area contributed by atoms with Crippen LogP contribution in [-0.2, 0) is 29.1 Å². The molecule has 0 bridgehead atoms. The molecule has 134 valence electrons. The molecule has 0 saturated carbocycles. The molecule has 1 N–H and O–H groups in total. The van der Waals surface area contributed by atoms with Crippen molar-refractivity contribution in [3.05, 3.63) is 51.0 Å². The van der Waals surface area contributed by atoms with Crippen LogP contribution in [0.4, 0.5) is 5.13 Å². The molecule has 0 fully saturated rings. The minimum Gasteiger partial charge on any atom is -0.375 e. The summed E-state index contributed by atoms with van der Waals surface area (Å²) in [7, 11) is 0. The molecule has 3 aromatic rings. The summed E-state index contributed by atoms with van der Waals surface area (Å²) in [4.78, 5) is 34.6. The monoisotopic (exact) mass is 370 g/mol. The third-order valence-electron chi connectivity index (χ3n) is 4.38. The first kappa shape index (κ1) is 16.9. The summed E-state index contributed by atoms with van der Waals surface area (Å²) in [5.74, 6) is -0.173. The van der Waals surface area contributed by atoms with Crippen molar-refractivity contribution >= 4 is 33.3 Å². The van der Waals surface area contributed by atoms with Gasteiger partial charge in [0.1, 0.15) is 0 Å². The number of nitrogens with one attached hydrogen (secondary N) is 1. The van der Waals surface area contributed by atoms with E-state index in [1.165, 1.54) is 22.2 Å². The van der Waals surface area contributed by atoms with Crippen molar-refractivity contribution in [2.75, 3.05) is 11.9 Å². The van der Waals surface area contributed by atoms with E-state index < -0.39 is 0 Å². The third-order valence-corrected chi connectivity index (χ3v) is 5.36. The lowest BCUT2D eigenvalue weighted by molar-refractivity contribution is -0.116. The Kier molecular flexibility index (Phi) is 4.52. The zero-order chi connectivity index (χ0) is 18.1. The molecular weight excluding hydrogens is 352 g/mol. The fraction of sp³-hybridized carbons (Fsp3) is 0.333. The van der Waals surface area contributed by atoms with Gasteiger partial charge >= 0.3 is 0 Å². The van der Waals surface area contributed by atoms with Gasteiger partial charge in [0, 0.05) is 19.4 Å². The maximum Gasteiger partial charge on any atom is 0.261 e. The Labute approximate surface area is 153 Å². The molecule has 2 aromatic heterocycles. The number of para-hydroxylation sites is 1. The van der Waals surface area contributed by atoms with Gasteiger partial charge in [-0.25, -0.2) is 9.97 Å². The van der Waals surface area contributed by atoms with E-state index in [0.29, 0.717) is 29.2 Å². The summed E-state index contributed by atoms with van der Waals surface area (Å²) >= 11 is 1.44. The quantitative estimate of drug-likeness (QED) is 0.761. The first-order chi connectivity index (χ1) is 12.6. The van der Waals surface area contributed by atoms with E-state index in [1.54, 1.807) is 6.07 Å². The molecule has 0 spiro atoms. The highest BCUT2D eigenvalue weighted by Crippen LogP contribution is 2.27. The van der Waals surface area contributed by atoms with Crippen LogP contribution in [0.5, 0.6) is 0 Å². The van der Waals surface area contributed by atoms with Crippen molar-refractivity contribution in [3.8, 4) is 0 Å². The van der Waals surface area contributed by atoms with Crippen LogP contribution in [0.1, 0.15) is 22.6 Å². The average molecular weight is 370 g/mol. The van der Waals surface area contributed by atoms with Gasteiger partial charge in [0.2, 0.25) is 5.91 Å². The Morgan fingerprint density at radius 1 is 1.42 bits per heavy atom. The van der Waals surface area contributed by atoms with Crippen LogP contribution in [0.3, 0.4) is 0 Å². The average Bonchev–Trinajstić information content (AvgIpc) is 3.04. The molecule has 3 heterocycles. The van der Waals surface area contributed by atoms with E-state index in [2.05, 4.69) is 15.3 Å². The summed E-state index contributed by atoms with van der Waals surface area (Å²) in [6.07, 6.45) is 2.46. The second-order valence-electron chi connectivity index (χ2n) is 6.20. The number of aryl methyl sites for hydroxylation is 2. The Bertz CT molecular complexity index is 1020. The maximum absolute atomic E-state index is 12.6. The van der Waals surface area contributed by atoms with E-state index >= 15 is 0 Å². The van der Waals surface area contributed by atoms with Gasteiger partial charge in [-0.1, -0.05) is 23.5 Å². The zero-order valence-electron chi connectivity index (χ0n) is 14.3. The number of nitrogens with zero attached hydrogens (tertiary/aromatic N) is 3. The predicted molar refractivity (Wildman–Crippen MR) is 99.5 cm³/mol. The second kappa shape index (κ2) is 6.97. The van der Waals surface area contributed by atoms with E-state index in [1.807, 2.05) is 19.1 Å². The van der Waals surface area contributed by atoms with E-state index in [-0.39, 0.29) is 24.4 Å². The van der Waals surface area contributed by atoms with E-state index in [4.69, 9.17) is 4.74 Å². The van der Waals surface area contributed by atoms with Crippen molar-refractivity contribution in [3.63, 3.8) is 0 Å².